The normalized spacial score (nSPS) is 32.6. The second kappa shape index (κ2) is 6.27. The van der Waals surface area contributed by atoms with Crippen molar-refractivity contribution in [3.63, 3.8) is 0 Å². The molecule has 1 aliphatic heterocycles. The first-order valence-corrected chi connectivity index (χ1v) is 7.41. The zero-order valence-electron chi connectivity index (χ0n) is 10.4. The summed E-state index contributed by atoms with van der Waals surface area (Å²) >= 11 is 4.31. The quantitative estimate of drug-likeness (QED) is 0.745. The van der Waals surface area contributed by atoms with Gasteiger partial charge in [-0.3, -0.25) is 4.90 Å². The number of thiol groups is 1. The van der Waals surface area contributed by atoms with Crippen LogP contribution in [0, 0.1) is 5.92 Å². The Morgan fingerprint density at radius 1 is 1.38 bits per heavy atom. The fourth-order valence-corrected chi connectivity index (χ4v) is 3.48. The number of rotatable bonds is 5. The Bertz CT molecular complexity index is 212. The molecule has 1 heterocycles. The number of ether oxygens (including phenoxy) is 1. The molecule has 0 N–H and O–H groups in total. The van der Waals surface area contributed by atoms with Crippen molar-refractivity contribution < 1.29 is 4.74 Å². The average Bonchev–Trinajstić information content (AvgIpc) is 2.75. The van der Waals surface area contributed by atoms with E-state index in [1.165, 1.54) is 38.6 Å². The van der Waals surface area contributed by atoms with Crippen molar-refractivity contribution in [2.24, 2.45) is 5.92 Å². The van der Waals surface area contributed by atoms with Gasteiger partial charge in [0.05, 0.1) is 12.7 Å². The van der Waals surface area contributed by atoms with Gasteiger partial charge >= 0.3 is 0 Å². The van der Waals surface area contributed by atoms with Crippen molar-refractivity contribution in [2.45, 2.75) is 51.2 Å². The molecule has 2 rings (SSSR count). The summed E-state index contributed by atoms with van der Waals surface area (Å²) in [6, 6.07) is 0.733. The van der Waals surface area contributed by atoms with E-state index < -0.39 is 0 Å². The van der Waals surface area contributed by atoms with Crippen LogP contribution in [0.5, 0.6) is 0 Å². The zero-order chi connectivity index (χ0) is 11.4. The molecule has 3 unspecified atom stereocenters. The van der Waals surface area contributed by atoms with Crippen LogP contribution in [0.15, 0.2) is 0 Å². The molecular weight excluding hydrogens is 218 g/mol. The highest BCUT2D eigenvalue weighted by Crippen LogP contribution is 2.30. The van der Waals surface area contributed by atoms with Gasteiger partial charge in [0.2, 0.25) is 0 Å². The van der Waals surface area contributed by atoms with Gasteiger partial charge in [-0.2, -0.15) is 12.6 Å². The monoisotopic (exact) mass is 243 g/mol. The molecule has 2 aliphatic rings. The molecule has 3 heteroatoms. The average molecular weight is 243 g/mol. The van der Waals surface area contributed by atoms with Crippen LogP contribution < -0.4 is 0 Å². The highest BCUT2D eigenvalue weighted by Gasteiger charge is 2.35. The number of hydrogen-bond donors (Lipinski definition) is 1. The smallest absolute Gasteiger partial charge is 0.0730 e. The molecule has 1 aliphatic carbocycles. The molecule has 0 spiro atoms. The number of morpholine rings is 1. The number of fused-ring (bicyclic) bond motifs is 1. The lowest BCUT2D eigenvalue weighted by Gasteiger charge is -2.38. The van der Waals surface area contributed by atoms with E-state index in [1.807, 2.05) is 0 Å². The summed E-state index contributed by atoms with van der Waals surface area (Å²) in [7, 11) is 0. The fourth-order valence-electron chi connectivity index (χ4n) is 3.03. The molecule has 0 aromatic carbocycles. The maximum absolute atomic E-state index is 5.83. The molecular formula is C13H25NOS. The molecule has 2 fully saturated rings. The number of nitrogens with zero attached hydrogens (tertiary/aromatic N) is 1. The van der Waals surface area contributed by atoms with Crippen LogP contribution in [0.25, 0.3) is 0 Å². The van der Waals surface area contributed by atoms with E-state index in [-0.39, 0.29) is 0 Å². The van der Waals surface area contributed by atoms with Crippen molar-refractivity contribution in [1.82, 2.24) is 4.90 Å². The van der Waals surface area contributed by atoms with Gasteiger partial charge in [0.25, 0.3) is 0 Å². The molecule has 0 radical (unpaired) electrons. The summed E-state index contributed by atoms with van der Waals surface area (Å²) < 4.78 is 5.83. The van der Waals surface area contributed by atoms with Gasteiger partial charge in [0.1, 0.15) is 0 Å². The Kier molecular flexibility index (Phi) is 4.98. The predicted molar refractivity (Wildman–Crippen MR) is 71.2 cm³/mol. The standard InChI is InChI=1S/C13H25NOS/c1-11(6-10-16)5-7-14-8-9-15-13-4-2-3-12(13)14/h11-13,16H,2-10H2,1H3. The Morgan fingerprint density at radius 2 is 2.25 bits per heavy atom. The minimum absolute atomic E-state index is 0.550. The highest BCUT2D eigenvalue weighted by molar-refractivity contribution is 7.80. The van der Waals surface area contributed by atoms with E-state index in [0.717, 1.165) is 30.9 Å². The van der Waals surface area contributed by atoms with Gasteiger partial charge < -0.3 is 4.74 Å². The highest BCUT2D eigenvalue weighted by atomic mass is 32.1. The van der Waals surface area contributed by atoms with E-state index >= 15 is 0 Å². The van der Waals surface area contributed by atoms with Crippen LogP contribution in [-0.2, 0) is 4.74 Å². The minimum Gasteiger partial charge on any atom is -0.375 e. The summed E-state index contributed by atoms with van der Waals surface area (Å²) in [5, 5.41) is 0. The van der Waals surface area contributed by atoms with Gasteiger partial charge in [-0.15, -0.1) is 0 Å². The predicted octanol–water partition coefficient (Wildman–Crippen LogP) is 2.59. The van der Waals surface area contributed by atoms with Crippen LogP contribution in [0.3, 0.4) is 0 Å². The summed E-state index contributed by atoms with van der Waals surface area (Å²) in [6.45, 7) is 5.71. The van der Waals surface area contributed by atoms with E-state index in [2.05, 4.69) is 24.5 Å². The van der Waals surface area contributed by atoms with Gasteiger partial charge in [-0.05, 0) is 50.3 Å². The molecule has 0 bridgehead atoms. The van der Waals surface area contributed by atoms with Crippen LogP contribution in [0.4, 0.5) is 0 Å². The van der Waals surface area contributed by atoms with Crippen molar-refractivity contribution in [3.05, 3.63) is 0 Å². The largest absolute Gasteiger partial charge is 0.375 e. The third-order valence-corrected chi connectivity index (χ3v) is 4.39. The van der Waals surface area contributed by atoms with Crippen LogP contribution >= 0.6 is 12.6 Å². The SMILES string of the molecule is CC(CCS)CCN1CCOC2CCCC21. The Labute approximate surface area is 105 Å². The van der Waals surface area contributed by atoms with Crippen molar-refractivity contribution in [2.75, 3.05) is 25.4 Å². The lowest BCUT2D eigenvalue weighted by molar-refractivity contribution is -0.0567. The summed E-state index contributed by atoms with van der Waals surface area (Å²) in [4.78, 5) is 2.68. The summed E-state index contributed by atoms with van der Waals surface area (Å²) in [5.41, 5.74) is 0. The minimum atomic E-state index is 0.550. The van der Waals surface area contributed by atoms with Crippen molar-refractivity contribution >= 4 is 12.6 Å². The second-order valence-electron chi connectivity index (χ2n) is 5.35. The van der Waals surface area contributed by atoms with Crippen molar-refractivity contribution in [3.8, 4) is 0 Å². The first-order valence-electron chi connectivity index (χ1n) is 6.77. The molecule has 94 valence electrons. The van der Waals surface area contributed by atoms with E-state index in [9.17, 15) is 0 Å². The molecule has 1 saturated heterocycles. The fraction of sp³-hybridized carbons (Fsp3) is 1.00. The van der Waals surface area contributed by atoms with Gasteiger partial charge in [-0.25, -0.2) is 0 Å². The van der Waals surface area contributed by atoms with Gasteiger partial charge in [0.15, 0.2) is 0 Å². The van der Waals surface area contributed by atoms with E-state index in [4.69, 9.17) is 4.74 Å². The summed E-state index contributed by atoms with van der Waals surface area (Å²) in [5.74, 6) is 1.84. The topological polar surface area (TPSA) is 12.5 Å². The van der Waals surface area contributed by atoms with Crippen LogP contribution in [-0.4, -0.2) is 42.5 Å². The zero-order valence-corrected chi connectivity index (χ0v) is 11.3. The first kappa shape index (κ1) is 12.7. The second-order valence-corrected chi connectivity index (χ2v) is 5.80. The Balaban J connectivity index is 1.75. The molecule has 2 nitrogen and oxygen atoms in total. The third kappa shape index (κ3) is 3.14. The first-order chi connectivity index (χ1) is 7.81. The third-order valence-electron chi connectivity index (χ3n) is 4.13. The van der Waals surface area contributed by atoms with Crippen LogP contribution in [0.1, 0.15) is 39.0 Å². The molecule has 16 heavy (non-hydrogen) atoms. The number of hydrogen-bond acceptors (Lipinski definition) is 3. The Morgan fingerprint density at radius 3 is 3.06 bits per heavy atom. The maximum atomic E-state index is 5.83. The van der Waals surface area contributed by atoms with E-state index in [1.54, 1.807) is 0 Å². The van der Waals surface area contributed by atoms with Gasteiger partial charge in [-0.1, -0.05) is 6.92 Å². The molecule has 1 saturated carbocycles. The molecule has 0 aromatic heterocycles. The van der Waals surface area contributed by atoms with Crippen molar-refractivity contribution in [1.29, 1.82) is 0 Å². The van der Waals surface area contributed by atoms with Crippen LogP contribution in [0.2, 0.25) is 0 Å². The summed E-state index contributed by atoms with van der Waals surface area (Å²) in [6.07, 6.45) is 7.12. The lowest BCUT2D eigenvalue weighted by atomic mass is 10.0. The molecule has 0 amide bonds. The maximum Gasteiger partial charge on any atom is 0.0730 e. The van der Waals surface area contributed by atoms with Gasteiger partial charge in [0, 0.05) is 12.6 Å². The lowest BCUT2D eigenvalue weighted by Crippen LogP contribution is -2.48. The van der Waals surface area contributed by atoms with E-state index in [0.29, 0.717) is 6.10 Å². The molecule has 3 atom stereocenters. The Hall–Kier alpha value is 0.270. The molecule has 0 aromatic rings.